The Hall–Kier alpha value is -1.14. The highest BCUT2D eigenvalue weighted by molar-refractivity contribution is 7.15. The Morgan fingerprint density at radius 2 is 1.95 bits per heavy atom. The first-order valence-electron chi connectivity index (χ1n) is 6.46. The van der Waals surface area contributed by atoms with Crippen LogP contribution in [-0.4, -0.2) is 36.4 Å². The molecule has 0 saturated carbocycles. The van der Waals surface area contributed by atoms with Crippen molar-refractivity contribution in [1.29, 1.82) is 0 Å². The van der Waals surface area contributed by atoms with Gasteiger partial charge in [0.1, 0.15) is 6.10 Å². The van der Waals surface area contributed by atoms with Crippen LogP contribution in [0.2, 0.25) is 4.47 Å². The number of rotatable bonds is 3. The van der Waals surface area contributed by atoms with Crippen molar-refractivity contribution < 1.29 is 9.84 Å². The molecule has 1 saturated heterocycles. The molecule has 6 heteroatoms. The van der Waals surface area contributed by atoms with Crippen molar-refractivity contribution in [2.75, 3.05) is 31.2 Å². The fraction of sp³-hybridized carbons (Fsp3) is 0.357. The van der Waals surface area contributed by atoms with Gasteiger partial charge in [-0.25, -0.2) is 4.98 Å². The molecule has 1 N–H and O–H groups in total. The lowest BCUT2D eigenvalue weighted by atomic mass is 10.1. The molecule has 2 heterocycles. The number of benzene rings is 1. The minimum absolute atomic E-state index is 0.448. The Balaban J connectivity index is 1.75. The number of halogens is 1. The molecular formula is C14H15ClN2O2S. The smallest absolute Gasteiger partial charge is 0.183 e. The van der Waals surface area contributed by atoms with E-state index >= 15 is 0 Å². The van der Waals surface area contributed by atoms with Crippen LogP contribution in [0.3, 0.4) is 0 Å². The predicted molar refractivity (Wildman–Crippen MR) is 80.7 cm³/mol. The number of thiazole rings is 1. The summed E-state index contributed by atoms with van der Waals surface area (Å²) in [5.41, 5.74) is 2.01. The first-order chi connectivity index (χ1) is 9.74. The van der Waals surface area contributed by atoms with Crippen LogP contribution in [0.4, 0.5) is 5.69 Å². The summed E-state index contributed by atoms with van der Waals surface area (Å²) in [5.74, 6) is 0. The Bertz CT molecular complexity index is 567. The molecule has 1 aromatic carbocycles. The molecule has 0 amide bonds. The van der Waals surface area contributed by atoms with Crippen LogP contribution in [0.1, 0.15) is 16.5 Å². The molecular weight excluding hydrogens is 296 g/mol. The topological polar surface area (TPSA) is 45.6 Å². The maximum absolute atomic E-state index is 10.3. The van der Waals surface area contributed by atoms with Crippen LogP contribution in [0, 0.1) is 0 Å². The zero-order chi connectivity index (χ0) is 13.9. The van der Waals surface area contributed by atoms with Gasteiger partial charge in [0.05, 0.1) is 18.1 Å². The predicted octanol–water partition coefficient (Wildman–Crippen LogP) is 2.71. The van der Waals surface area contributed by atoms with E-state index in [0.29, 0.717) is 4.47 Å². The molecule has 1 aliphatic rings. The van der Waals surface area contributed by atoms with Gasteiger partial charge in [0.15, 0.2) is 4.47 Å². The molecule has 4 nitrogen and oxygen atoms in total. The van der Waals surface area contributed by atoms with Gasteiger partial charge in [0.2, 0.25) is 0 Å². The van der Waals surface area contributed by atoms with Crippen molar-refractivity contribution in [3.8, 4) is 0 Å². The second kappa shape index (κ2) is 6.10. The third-order valence-electron chi connectivity index (χ3n) is 3.35. The number of hydrogen-bond acceptors (Lipinski definition) is 5. The summed E-state index contributed by atoms with van der Waals surface area (Å²) in [6.07, 6.45) is 0.951. The molecule has 2 aromatic rings. The van der Waals surface area contributed by atoms with Gasteiger partial charge in [-0.2, -0.15) is 0 Å². The lowest BCUT2D eigenvalue weighted by Crippen LogP contribution is -2.36. The highest BCUT2D eigenvalue weighted by atomic mass is 35.5. The average Bonchev–Trinajstić information content (AvgIpc) is 2.94. The lowest BCUT2D eigenvalue weighted by Gasteiger charge is -2.29. The molecule has 1 unspecified atom stereocenters. The van der Waals surface area contributed by atoms with Crippen LogP contribution < -0.4 is 4.90 Å². The van der Waals surface area contributed by atoms with Gasteiger partial charge in [-0.1, -0.05) is 23.7 Å². The molecule has 0 radical (unpaired) electrons. The average molecular weight is 311 g/mol. The molecule has 1 aliphatic heterocycles. The second-order valence-corrected chi connectivity index (χ2v) is 6.25. The van der Waals surface area contributed by atoms with Crippen molar-refractivity contribution >= 4 is 28.6 Å². The molecule has 20 heavy (non-hydrogen) atoms. The van der Waals surface area contributed by atoms with Gasteiger partial charge in [0, 0.05) is 25.0 Å². The Morgan fingerprint density at radius 1 is 1.25 bits per heavy atom. The van der Waals surface area contributed by atoms with Gasteiger partial charge in [-0.05, 0) is 17.7 Å². The van der Waals surface area contributed by atoms with Crippen LogP contribution in [0.25, 0.3) is 0 Å². The summed E-state index contributed by atoms with van der Waals surface area (Å²) < 4.78 is 5.79. The van der Waals surface area contributed by atoms with Gasteiger partial charge < -0.3 is 14.7 Å². The van der Waals surface area contributed by atoms with Crippen LogP contribution >= 0.6 is 22.9 Å². The maximum Gasteiger partial charge on any atom is 0.183 e. The largest absolute Gasteiger partial charge is 0.383 e. The molecule has 0 aliphatic carbocycles. The van der Waals surface area contributed by atoms with E-state index < -0.39 is 6.10 Å². The van der Waals surface area contributed by atoms with Crippen LogP contribution in [0.15, 0.2) is 30.5 Å². The molecule has 1 atom stereocenters. The van der Waals surface area contributed by atoms with E-state index in [-0.39, 0.29) is 0 Å². The quantitative estimate of drug-likeness (QED) is 0.947. The number of aliphatic hydroxyl groups excluding tert-OH is 1. The maximum atomic E-state index is 10.3. The summed E-state index contributed by atoms with van der Waals surface area (Å²) >= 11 is 7.10. The van der Waals surface area contributed by atoms with E-state index in [1.807, 2.05) is 24.3 Å². The van der Waals surface area contributed by atoms with Crippen molar-refractivity contribution in [1.82, 2.24) is 4.98 Å². The first kappa shape index (κ1) is 13.8. The minimum atomic E-state index is -0.668. The zero-order valence-electron chi connectivity index (χ0n) is 10.8. The Labute approximate surface area is 126 Å². The van der Waals surface area contributed by atoms with Crippen molar-refractivity contribution in [3.05, 3.63) is 45.4 Å². The van der Waals surface area contributed by atoms with E-state index in [0.717, 1.165) is 42.4 Å². The number of anilines is 1. The first-order valence-corrected chi connectivity index (χ1v) is 7.65. The Morgan fingerprint density at radius 3 is 2.55 bits per heavy atom. The fourth-order valence-corrected chi connectivity index (χ4v) is 3.21. The van der Waals surface area contributed by atoms with Crippen molar-refractivity contribution in [3.63, 3.8) is 0 Å². The van der Waals surface area contributed by atoms with E-state index in [4.69, 9.17) is 16.3 Å². The second-order valence-electron chi connectivity index (χ2n) is 4.61. The summed E-state index contributed by atoms with van der Waals surface area (Å²) in [4.78, 5) is 7.00. The number of nitrogens with zero attached hydrogens (tertiary/aromatic N) is 2. The number of hydrogen-bond donors (Lipinski definition) is 1. The third-order valence-corrected chi connectivity index (χ3v) is 4.52. The fourth-order valence-electron chi connectivity index (χ4n) is 2.24. The molecule has 1 aromatic heterocycles. The van der Waals surface area contributed by atoms with Crippen LogP contribution in [-0.2, 0) is 4.74 Å². The number of aliphatic hydroxyl groups is 1. The lowest BCUT2D eigenvalue weighted by molar-refractivity contribution is 0.122. The standard InChI is InChI=1S/C14H15ClN2O2S/c15-14-16-9-12(20-14)13(18)10-1-3-11(4-2-10)17-5-7-19-8-6-17/h1-4,9,13,18H,5-8H2. The zero-order valence-corrected chi connectivity index (χ0v) is 12.4. The molecule has 1 fully saturated rings. The van der Waals surface area contributed by atoms with E-state index in [9.17, 15) is 5.11 Å². The molecule has 0 spiro atoms. The van der Waals surface area contributed by atoms with Gasteiger partial charge in [0.25, 0.3) is 0 Å². The van der Waals surface area contributed by atoms with E-state index in [2.05, 4.69) is 9.88 Å². The SMILES string of the molecule is OC(c1ccc(N2CCOCC2)cc1)c1cnc(Cl)s1. The van der Waals surface area contributed by atoms with Gasteiger partial charge in [-0.3, -0.25) is 0 Å². The number of morpholine rings is 1. The van der Waals surface area contributed by atoms with Crippen molar-refractivity contribution in [2.45, 2.75) is 6.10 Å². The summed E-state index contributed by atoms with van der Waals surface area (Å²) in [6.45, 7) is 3.35. The summed E-state index contributed by atoms with van der Waals surface area (Å²) in [6, 6.07) is 7.96. The molecule has 3 rings (SSSR count). The Kier molecular flexibility index (Phi) is 4.21. The normalized spacial score (nSPS) is 17.2. The highest BCUT2D eigenvalue weighted by Gasteiger charge is 2.15. The van der Waals surface area contributed by atoms with Gasteiger partial charge in [-0.15, -0.1) is 11.3 Å². The number of aromatic nitrogens is 1. The van der Waals surface area contributed by atoms with Crippen molar-refractivity contribution in [2.24, 2.45) is 0 Å². The van der Waals surface area contributed by atoms with Gasteiger partial charge >= 0.3 is 0 Å². The molecule has 106 valence electrons. The van der Waals surface area contributed by atoms with E-state index in [1.165, 1.54) is 11.3 Å². The summed E-state index contributed by atoms with van der Waals surface area (Å²) in [5, 5.41) is 10.3. The summed E-state index contributed by atoms with van der Waals surface area (Å²) in [7, 11) is 0. The highest BCUT2D eigenvalue weighted by Crippen LogP contribution is 2.30. The minimum Gasteiger partial charge on any atom is -0.383 e. The number of ether oxygens (including phenoxy) is 1. The third kappa shape index (κ3) is 2.96. The van der Waals surface area contributed by atoms with Crippen LogP contribution in [0.5, 0.6) is 0 Å². The molecule has 0 bridgehead atoms. The van der Waals surface area contributed by atoms with E-state index in [1.54, 1.807) is 6.20 Å². The monoisotopic (exact) mass is 310 g/mol.